The predicted molar refractivity (Wildman–Crippen MR) is 100 cm³/mol. The van der Waals surface area contributed by atoms with E-state index in [4.69, 9.17) is 4.74 Å². The molecule has 1 unspecified atom stereocenters. The van der Waals surface area contributed by atoms with Crippen molar-refractivity contribution >= 4 is 5.97 Å². The van der Waals surface area contributed by atoms with Crippen molar-refractivity contribution in [1.82, 2.24) is 4.90 Å². The Morgan fingerprint density at radius 3 is 2.04 bits per heavy atom. The Labute approximate surface area is 150 Å². The van der Waals surface area contributed by atoms with Crippen molar-refractivity contribution in [2.24, 2.45) is 0 Å². The van der Waals surface area contributed by atoms with Gasteiger partial charge in [-0.3, -0.25) is 9.69 Å². The molecule has 0 spiro atoms. The standard InChI is InChI=1S/C22H27NO2/c1-3-5-16-19-21(22(24)25-4-2)23(19)20(17-12-8-6-9-13-17)18-14-10-7-11-15-18/h6-15,19-21H,3-5,16H2,1-2H3/t19-,21-,23?/m1/s1. The monoisotopic (exact) mass is 337 g/mol. The molecule has 1 aliphatic rings. The first-order valence-electron chi connectivity index (χ1n) is 9.31. The van der Waals surface area contributed by atoms with Gasteiger partial charge in [-0.1, -0.05) is 80.4 Å². The van der Waals surface area contributed by atoms with Gasteiger partial charge in [-0.15, -0.1) is 0 Å². The molecule has 3 rings (SSSR count). The lowest BCUT2D eigenvalue weighted by atomic mass is 9.98. The highest BCUT2D eigenvalue weighted by atomic mass is 16.5. The number of carbonyl (C=O) groups excluding carboxylic acids is 1. The average molecular weight is 337 g/mol. The van der Waals surface area contributed by atoms with Gasteiger partial charge in [0, 0.05) is 6.04 Å². The number of unbranched alkanes of at least 4 members (excludes halogenated alkanes) is 1. The van der Waals surface area contributed by atoms with E-state index in [2.05, 4.69) is 60.4 Å². The van der Waals surface area contributed by atoms with Crippen molar-refractivity contribution in [3.05, 3.63) is 71.8 Å². The van der Waals surface area contributed by atoms with Crippen molar-refractivity contribution in [3.63, 3.8) is 0 Å². The number of benzene rings is 2. The van der Waals surface area contributed by atoms with Gasteiger partial charge >= 0.3 is 5.97 Å². The minimum Gasteiger partial charge on any atom is -0.465 e. The molecule has 3 heteroatoms. The van der Waals surface area contributed by atoms with E-state index in [1.807, 2.05) is 19.1 Å². The zero-order chi connectivity index (χ0) is 17.6. The third kappa shape index (κ3) is 3.93. The van der Waals surface area contributed by atoms with Crippen LogP contribution in [0.4, 0.5) is 0 Å². The van der Waals surface area contributed by atoms with Crippen LogP contribution in [0.5, 0.6) is 0 Å². The maximum absolute atomic E-state index is 12.5. The number of esters is 1. The second-order valence-electron chi connectivity index (χ2n) is 6.58. The highest BCUT2D eigenvalue weighted by molar-refractivity contribution is 5.80. The van der Waals surface area contributed by atoms with E-state index in [1.54, 1.807) is 0 Å². The first-order valence-corrected chi connectivity index (χ1v) is 9.31. The topological polar surface area (TPSA) is 29.3 Å². The molecule has 0 amide bonds. The third-order valence-corrected chi connectivity index (χ3v) is 4.89. The van der Waals surface area contributed by atoms with Crippen LogP contribution in [0.25, 0.3) is 0 Å². The minimum absolute atomic E-state index is 0.0829. The van der Waals surface area contributed by atoms with Crippen LogP contribution in [-0.4, -0.2) is 29.6 Å². The molecule has 25 heavy (non-hydrogen) atoms. The Hall–Kier alpha value is -2.13. The molecule has 132 valence electrons. The summed E-state index contributed by atoms with van der Waals surface area (Å²) in [6.45, 7) is 4.50. The van der Waals surface area contributed by atoms with Gasteiger partial charge in [0.25, 0.3) is 0 Å². The van der Waals surface area contributed by atoms with Crippen LogP contribution in [0.3, 0.4) is 0 Å². The molecule has 3 atom stereocenters. The summed E-state index contributed by atoms with van der Waals surface area (Å²) >= 11 is 0. The average Bonchev–Trinajstić information content (AvgIpc) is 3.36. The summed E-state index contributed by atoms with van der Waals surface area (Å²) < 4.78 is 5.35. The summed E-state index contributed by atoms with van der Waals surface area (Å²) in [5.74, 6) is -0.0829. The Morgan fingerprint density at radius 2 is 1.56 bits per heavy atom. The SMILES string of the molecule is CCCC[C@@H]1[C@H](C(=O)OCC)N1C(c1ccccc1)c1ccccc1. The molecular weight excluding hydrogens is 310 g/mol. The highest BCUT2D eigenvalue weighted by Crippen LogP contribution is 2.45. The molecule has 0 saturated carbocycles. The third-order valence-electron chi connectivity index (χ3n) is 4.89. The second-order valence-corrected chi connectivity index (χ2v) is 6.58. The minimum atomic E-state index is -0.128. The normalized spacial score (nSPS) is 22.0. The van der Waals surface area contributed by atoms with E-state index in [0.29, 0.717) is 6.61 Å². The molecule has 2 aromatic rings. The first kappa shape index (κ1) is 17.7. The van der Waals surface area contributed by atoms with Crippen molar-refractivity contribution in [2.75, 3.05) is 6.61 Å². The van der Waals surface area contributed by atoms with E-state index in [0.717, 1.165) is 19.3 Å². The largest absolute Gasteiger partial charge is 0.465 e. The van der Waals surface area contributed by atoms with Crippen molar-refractivity contribution < 1.29 is 9.53 Å². The fourth-order valence-electron chi connectivity index (χ4n) is 3.69. The number of hydrogen-bond donors (Lipinski definition) is 0. The zero-order valence-electron chi connectivity index (χ0n) is 15.1. The van der Waals surface area contributed by atoms with Crippen LogP contribution >= 0.6 is 0 Å². The lowest BCUT2D eigenvalue weighted by Crippen LogP contribution is -2.20. The van der Waals surface area contributed by atoms with Crippen LogP contribution < -0.4 is 0 Å². The van der Waals surface area contributed by atoms with E-state index in [9.17, 15) is 4.79 Å². The van der Waals surface area contributed by atoms with E-state index >= 15 is 0 Å². The number of rotatable bonds is 8. The maximum atomic E-state index is 12.5. The van der Waals surface area contributed by atoms with Gasteiger partial charge in [-0.2, -0.15) is 0 Å². The Morgan fingerprint density at radius 1 is 1.00 bits per heavy atom. The van der Waals surface area contributed by atoms with Crippen LogP contribution in [0.15, 0.2) is 60.7 Å². The van der Waals surface area contributed by atoms with Gasteiger partial charge in [0.1, 0.15) is 6.04 Å². The van der Waals surface area contributed by atoms with E-state index in [-0.39, 0.29) is 24.1 Å². The maximum Gasteiger partial charge on any atom is 0.325 e. The summed E-state index contributed by atoms with van der Waals surface area (Å²) in [6.07, 6.45) is 3.31. The molecule has 1 saturated heterocycles. The molecular formula is C22H27NO2. The van der Waals surface area contributed by atoms with Gasteiger partial charge in [-0.25, -0.2) is 0 Å². The number of carbonyl (C=O) groups is 1. The first-order chi connectivity index (χ1) is 12.3. The lowest BCUT2D eigenvalue weighted by Gasteiger charge is -2.21. The smallest absolute Gasteiger partial charge is 0.325 e. The zero-order valence-corrected chi connectivity index (χ0v) is 15.1. The molecule has 2 aromatic carbocycles. The van der Waals surface area contributed by atoms with Gasteiger partial charge in [0.05, 0.1) is 12.6 Å². The van der Waals surface area contributed by atoms with Crippen molar-refractivity contribution in [2.45, 2.75) is 51.2 Å². The molecule has 0 radical (unpaired) electrons. The number of nitrogens with zero attached hydrogens (tertiary/aromatic N) is 1. The van der Waals surface area contributed by atoms with Crippen LogP contribution in [0.1, 0.15) is 50.3 Å². The fraction of sp³-hybridized carbons (Fsp3) is 0.409. The molecule has 0 bridgehead atoms. The van der Waals surface area contributed by atoms with Crippen LogP contribution in [0.2, 0.25) is 0 Å². The van der Waals surface area contributed by atoms with E-state index < -0.39 is 0 Å². The van der Waals surface area contributed by atoms with Crippen LogP contribution in [0, 0.1) is 0 Å². The van der Waals surface area contributed by atoms with Gasteiger partial charge < -0.3 is 4.74 Å². The summed E-state index contributed by atoms with van der Waals surface area (Å²) in [5, 5.41) is 0. The van der Waals surface area contributed by atoms with Crippen molar-refractivity contribution in [1.29, 1.82) is 0 Å². The Bertz CT molecular complexity index is 631. The highest BCUT2D eigenvalue weighted by Gasteiger charge is 2.56. The summed E-state index contributed by atoms with van der Waals surface area (Å²) in [5.41, 5.74) is 2.45. The lowest BCUT2D eigenvalue weighted by molar-refractivity contribution is -0.143. The van der Waals surface area contributed by atoms with E-state index in [1.165, 1.54) is 11.1 Å². The fourth-order valence-corrected chi connectivity index (χ4v) is 3.69. The number of hydrogen-bond acceptors (Lipinski definition) is 3. The van der Waals surface area contributed by atoms with Gasteiger partial charge in [0.15, 0.2) is 0 Å². The summed E-state index contributed by atoms with van der Waals surface area (Å²) in [6, 6.07) is 21.2. The van der Waals surface area contributed by atoms with Gasteiger partial charge in [-0.05, 0) is 24.5 Å². The molecule has 0 N–H and O–H groups in total. The summed E-state index contributed by atoms with van der Waals surface area (Å²) in [7, 11) is 0. The van der Waals surface area contributed by atoms with Crippen molar-refractivity contribution in [3.8, 4) is 0 Å². The molecule has 1 heterocycles. The Kier molecular flexibility index (Phi) is 5.87. The summed E-state index contributed by atoms with van der Waals surface area (Å²) in [4.78, 5) is 14.8. The van der Waals surface area contributed by atoms with Crippen LogP contribution in [-0.2, 0) is 9.53 Å². The molecule has 1 aliphatic heterocycles. The second kappa shape index (κ2) is 8.30. The molecule has 0 aromatic heterocycles. The van der Waals surface area contributed by atoms with Gasteiger partial charge in [0.2, 0.25) is 0 Å². The molecule has 1 fully saturated rings. The quantitative estimate of drug-likeness (QED) is 0.521. The Balaban J connectivity index is 1.93. The predicted octanol–water partition coefficient (Wildman–Crippen LogP) is 4.58. The number of ether oxygens (including phenoxy) is 1. The molecule has 3 nitrogen and oxygen atoms in total. The molecule has 0 aliphatic carbocycles.